The van der Waals surface area contributed by atoms with Gasteiger partial charge in [0.15, 0.2) is 5.78 Å². The summed E-state index contributed by atoms with van der Waals surface area (Å²) >= 11 is 0. The van der Waals surface area contributed by atoms with Crippen molar-refractivity contribution in [2.75, 3.05) is 0 Å². The molecular formula is C29H42O7. The number of carbonyl (C=O) groups is 4. The maximum absolute atomic E-state index is 13.9. The van der Waals surface area contributed by atoms with Gasteiger partial charge < -0.3 is 15.3 Å². The van der Waals surface area contributed by atoms with E-state index in [1.807, 2.05) is 27.7 Å². The van der Waals surface area contributed by atoms with E-state index in [2.05, 4.69) is 6.92 Å². The number of fused-ring (bicyclic) bond motifs is 4. The van der Waals surface area contributed by atoms with Crippen LogP contribution in [-0.4, -0.2) is 50.8 Å². The number of hydrogen-bond donors (Lipinski definition) is 3. The van der Waals surface area contributed by atoms with Gasteiger partial charge in [-0.3, -0.25) is 19.2 Å². The zero-order valence-corrected chi connectivity index (χ0v) is 22.5. The molecule has 4 aliphatic carbocycles. The van der Waals surface area contributed by atoms with Crippen molar-refractivity contribution in [3.05, 3.63) is 11.1 Å². The normalized spacial score (nSPS) is 41.3. The van der Waals surface area contributed by atoms with E-state index in [-0.39, 0.29) is 60.8 Å². The van der Waals surface area contributed by atoms with Crippen molar-refractivity contribution >= 4 is 23.3 Å². The number of ketones is 3. The Morgan fingerprint density at radius 3 is 2.31 bits per heavy atom. The fourth-order valence-corrected chi connectivity index (χ4v) is 8.77. The predicted octanol–water partition coefficient (Wildman–Crippen LogP) is 3.74. The standard InChI is InChI=1S/C29H42O7/c1-14(9-16(30)10-15(2)26(35)36)17-11-19(32)24-23-18(31)12-21-27(3,4)22(34)7-8-28(21,5)25(23)20(33)13-29(17,24)6/h14-15,17-18,21-22,24,31,34H,7-13H2,1-6H3,(H,35,36)/t14-,15-,17-,18+,21+,22+,24+,28+,29-/m1/s1. The van der Waals surface area contributed by atoms with Gasteiger partial charge in [-0.15, -0.1) is 0 Å². The molecule has 0 spiro atoms. The minimum atomic E-state index is -1.01. The molecule has 4 rings (SSSR count). The first-order valence-corrected chi connectivity index (χ1v) is 13.5. The molecule has 200 valence electrons. The minimum absolute atomic E-state index is 0.0140. The quantitative estimate of drug-likeness (QED) is 0.504. The van der Waals surface area contributed by atoms with E-state index in [1.54, 1.807) is 0 Å². The van der Waals surface area contributed by atoms with Crippen LogP contribution in [0.3, 0.4) is 0 Å². The Bertz CT molecular complexity index is 1020. The molecular weight excluding hydrogens is 460 g/mol. The van der Waals surface area contributed by atoms with Gasteiger partial charge in [0.25, 0.3) is 0 Å². The zero-order valence-electron chi connectivity index (χ0n) is 22.5. The number of rotatable bonds is 6. The highest BCUT2D eigenvalue weighted by atomic mass is 16.4. The van der Waals surface area contributed by atoms with Crippen LogP contribution in [0.4, 0.5) is 0 Å². The Hall–Kier alpha value is -1.86. The van der Waals surface area contributed by atoms with Crippen LogP contribution in [0.5, 0.6) is 0 Å². The van der Waals surface area contributed by atoms with E-state index in [1.165, 1.54) is 6.92 Å². The molecule has 0 heterocycles. The van der Waals surface area contributed by atoms with Gasteiger partial charge in [-0.05, 0) is 58.8 Å². The average Bonchev–Trinajstić information content (AvgIpc) is 3.02. The van der Waals surface area contributed by atoms with Crippen molar-refractivity contribution in [3.63, 3.8) is 0 Å². The summed E-state index contributed by atoms with van der Waals surface area (Å²) in [6.45, 7) is 11.5. The highest BCUT2D eigenvalue weighted by Gasteiger charge is 2.65. The summed E-state index contributed by atoms with van der Waals surface area (Å²) in [7, 11) is 0. The van der Waals surface area contributed by atoms with Crippen molar-refractivity contribution in [3.8, 4) is 0 Å². The summed E-state index contributed by atoms with van der Waals surface area (Å²) in [6, 6.07) is 0. The van der Waals surface area contributed by atoms with Crippen LogP contribution in [0.25, 0.3) is 0 Å². The number of aliphatic hydroxyl groups is 2. The second-order valence-corrected chi connectivity index (χ2v) is 13.4. The number of carboxylic acids is 1. The van der Waals surface area contributed by atoms with Crippen LogP contribution >= 0.6 is 0 Å². The molecule has 0 amide bonds. The molecule has 0 bridgehead atoms. The largest absolute Gasteiger partial charge is 0.481 e. The monoisotopic (exact) mass is 502 g/mol. The maximum atomic E-state index is 13.9. The minimum Gasteiger partial charge on any atom is -0.481 e. The predicted molar refractivity (Wildman–Crippen MR) is 133 cm³/mol. The lowest BCUT2D eigenvalue weighted by molar-refractivity contribution is -0.143. The molecule has 2 saturated carbocycles. The topological polar surface area (TPSA) is 129 Å². The smallest absolute Gasteiger partial charge is 0.306 e. The number of carbonyl (C=O) groups excluding carboxylic acids is 3. The molecule has 4 aliphatic rings. The second-order valence-electron chi connectivity index (χ2n) is 13.4. The van der Waals surface area contributed by atoms with Crippen molar-refractivity contribution in [1.82, 2.24) is 0 Å². The summed E-state index contributed by atoms with van der Waals surface area (Å²) in [5.41, 5.74) is -0.411. The third-order valence-corrected chi connectivity index (χ3v) is 10.7. The van der Waals surface area contributed by atoms with Crippen LogP contribution in [0, 0.1) is 45.8 Å². The van der Waals surface area contributed by atoms with E-state index in [9.17, 15) is 29.4 Å². The fraction of sp³-hybridized carbons (Fsp3) is 0.793. The van der Waals surface area contributed by atoms with Crippen LogP contribution in [0.1, 0.15) is 86.5 Å². The number of aliphatic carboxylic acids is 1. The van der Waals surface area contributed by atoms with Gasteiger partial charge >= 0.3 is 5.97 Å². The Balaban J connectivity index is 1.69. The molecule has 3 N–H and O–H groups in total. The Kier molecular flexibility index (Phi) is 6.69. The lowest BCUT2D eigenvalue weighted by atomic mass is 9.45. The lowest BCUT2D eigenvalue weighted by Gasteiger charge is -2.59. The van der Waals surface area contributed by atoms with Crippen LogP contribution in [0.2, 0.25) is 0 Å². The molecule has 0 aromatic carbocycles. The number of allylic oxidation sites excluding steroid dienone is 1. The molecule has 0 aromatic heterocycles. The number of carboxylic acid groups (broad SMARTS) is 1. The van der Waals surface area contributed by atoms with Gasteiger partial charge in [0.2, 0.25) is 0 Å². The molecule has 9 atom stereocenters. The van der Waals surface area contributed by atoms with Gasteiger partial charge in [0.05, 0.1) is 18.1 Å². The van der Waals surface area contributed by atoms with Crippen LogP contribution < -0.4 is 0 Å². The summed E-state index contributed by atoms with van der Waals surface area (Å²) < 4.78 is 0. The number of hydrogen-bond acceptors (Lipinski definition) is 6. The van der Waals surface area contributed by atoms with E-state index < -0.39 is 46.3 Å². The van der Waals surface area contributed by atoms with Crippen molar-refractivity contribution in [1.29, 1.82) is 0 Å². The fourth-order valence-electron chi connectivity index (χ4n) is 8.77. The highest BCUT2D eigenvalue weighted by molar-refractivity contribution is 6.03. The molecule has 36 heavy (non-hydrogen) atoms. The van der Waals surface area contributed by atoms with Gasteiger partial charge in [0, 0.05) is 37.2 Å². The van der Waals surface area contributed by atoms with Crippen molar-refractivity contribution in [2.45, 2.75) is 98.7 Å². The van der Waals surface area contributed by atoms with Crippen molar-refractivity contribution in [2.24, 2.45) is 45.8 Å². The Morgan fingerprint density at radius 1 is 1.06 bits per heavy atom. The molecule has 0 unspecified atom stereocenters. The maximum Gasteiger partial charge on any atom is 0.306 e. The van der Waals surface area contributed by atoms with Gasteiger partial charge in [-0.1, -0.05) is 41.5 Å². The summed E-state index contributed by atoms with van der Waals surface area (Å²) in [5, 5.41) is 31.3. The molecule has 0 aromatic rings. The van der Waals surface area contributed by atoms with Crippen LogP contribution in [-0.2, 0) is 19.2 Å². The van der Waals surface area contributed by atoms with Crippen molar-refractivity contribution < 1.29 is 34.5 Å². The SMILES string of the molecule is C[C@H](CC(=O)C[C@@H](C)[C@H]1CC(=O)[C@H]2C3=C(C(=O)C[C@@]21C)[C@@]1(C)CC[C@H](O)C(C)(C)[C@@H]1C[C@@H]3O)C(=O)O. The first-order chi connectivity index (χ1) is 16.6. The second kappa shape index (κ2) is 8.87. The van der Waals surface area contributed by atoms with Gasteiger partial charge in [-0.2, -0.15) is 0 Å². The molecule has 0 aliphatic heterocycles. The first-order valence-electron chi connectivity index (χ1n) is 13.5. The Labute approximate surface area is 213 Å². The van der Waals surface area contributed by atoms with E-state index in [4.69, 9.17) is 5.11 Å². The third kappa shape index (κ3) is 3.92. The summed E-state index contributed by atoms with van der Waals surface area (Å²) in [6.07, 6.45) is 0.806. The number of aliphatic hydroxyl groups excluding tert-OH is 2. The third-order valence-electron chi connectivity index (χ3n) is 10.7. The summed E-state index contributed by atoms with van der Waals surface area (Å²) in [5.74, 6) is -2.89. The molecule has 2 fully saturated rings. The molecule has 7 heteroatoms. The van der Waals surface area contributed by atoms with E-state index in [0.29, 0.717) is 30.4 Å². The van der Waals surface area contributed by atoms with E-state index in [0.717, 1.165) is 0 Å². The number of Topliss-reactive ketones (excluding diaryl/α,β-unsaturated/α-hetero) is 3. The van der Waals surface area contributed by atoms with Gasteiger partial charge in [-0.25, -0.2) is 0 Å². The van der Waals surface area contributed by atoms with Gasteiger partial charge in [0.1, 0.15) is 11.6 Å². The zero-order chi connectivity index (χ0) is 27.0. The van der Waals surface area contributed by atoms with Crippen LogP contribution in [0.15, 0.2) is 11.1 Å². The van der Waals surface area contributed by atoms with E-state index >= 15 is 0 Å². The average molecular weight is 503 g/mol. The molecule has 0 radical (unpaired) electrons. The lowest BCUT2D eigenvalue weighted by Crippen LogP contribution is -2.58. The Morgan fingerprint density at radius 2 is 1.69 bits per heavy atom. The molecule has 0 saturated heterocycles. The summed E-state index contributed by atoms with van der Waals surface area (Å²) in [4.78, 5) is 51.3. The first kappa shape index (κ1) is 27.2. The molecule has 7 nitrogen and oxygen atoms in total. The highest BCUT2D eigenvalue weighted by Crippen LogP contribution is 2.66.